The Labute approximate surface area is 145 Å². The summed E-state index contributed by atoms with van der Waals surface area (Å²) >= 11 is 0. The normalized spacial score (nSPS) is 11.9. The third-order valence-corrected chi connectivity index (χ3v) is 4.09. The lowest BCUT2D eigenvalue weighted by Gasteiger charge is -2.16. The minimum Gasteiger partial charge on any atom is -0.496 e. The van der Waals surface area contributed by atoms with Gasteiger partial charge in [-0.25, -0.2) is 0 Å². The van der Waals surface area contributed by atoms with Crippen LogP contribution in [0.2, 0.25) is 0 Å². The van der Waals surface area contributed by atoms with Crippen LogP contribution >= 0.6 is 0 Å². The maximum atomic E-state index is 12.5. The van der Waals surface area contributed by atoms with E-state index in [0.29, 0.717) is 11.8 Å². The molecular formula is C20H20N2O3. The van der Waals surface area contributed by atoms with Gasteiger partial charge in [0.25, 0.3) is 11.5 Å². The van der Waals surface area contributed by atoms with Crippen molar-refractivity contribution in [3.63, 3.8) is 0 Å². The van der Waals surface area contributed by atoms with Crippen LogP contribution in [0.4, 0.5) is 0 Å². The number of fused-ring (bicyclic) bond motifs is 1. The van der Waals surface area contributed by atoms with E-state index in [1.165, 1.54) is 0 Å². The second-order valence-corrected chi connectivity index (χ2v) is 5.99. The first kappa shape index (κ1) is 16.8. The first-order chi connectivity index (χ1) is 12.1. The first-order valence-corrected chi connectivity index (χ1v) is 8.13. The van der Waals surface area contributed by atoms with Gasteiger partial charge < -0.3 is 15.0 Å². The van der Waals surface area contributed by atoms with Crippen LogP contribution in [0.15, 0.2) is 59.4 Å². The molecule has 0 unspecified atom stereocenters. The van der Waals surface area contributed by atoms with E-state index in [-0.39, 0.29) is 23.2 Å². The van der Waals surface area contributed by atoms with E-state index >= 15 is 0 Å². The number of pyridine rings is 1. The van der Waals surface area contributed by atoms with Gasteiger partial charge in [-0.05, 0) is 42.5 Å². The molecule has 0 bridgehead atoms. The van der Waals surface area contributed by atoms with Crippen LogP contribution < -0.4 is 15.6 Å². The lowest BCUT2D eigenvalue weighted by atomic mass is 10.1. The molecule has 1 aromatic heterocycles. The van der Waals surface area contributed by atoms with E-state index in [4.69, 9.17) is 4.74 Å². The number of hydrogen-bond acceptors (Lipinski definition) is 3. The van der Waals surface area contributed by atoms with E-state index in [1.807, 2.05) is 43.3 Å². The van der Waals surface area contributed by atoms with Crippen LogP contribution in [-0.2, 0) is 6.42 Å². The predicted molar refractivity (Wildman–Crippen MR) is 98.2 cm³/mol. The van der Waals surface area contributed by atoms with E-state index < -0.39 is 0 Å². The lowest BCUT2D eigenvalue weighted by Crippen LogP contribution is -2.35. The van der Waals surface area contributed by atoms with Crippen LogP contribution in [0.3, 0.4) is 0 Å². The van der Waals surface area contributed by atoms with E-state index in [9.17, 15) is 9.59 Å². The minimum absolute atomic E-state index is 0.112. The molecule has 3 aromatic rings. The van der Waals surface area contributed by atoms with Crippen LogP contribution in [0, 0.1) is 0 Å². The number of carbonyl (C=O) groups is 1. The molecule has 0 radical (unpaired) electrons. The Morgan fingerprint density at radius 3 is 2.68 bits per heavy atom. The van der Waals surface area contributed by atoms with Crippen LogP contribution in [0.25, 0.3) is 10.8 Å². The molecule has 0 saturated carbocycles. The fourth-order valence-corrected chi connectivity index (χ4v) is 2.89. The van der Waals surface area contributed by atoms with E-state index in [2.05, 4.69) is 10.3 Å². The highest BCUT2D eigenvalue weighted by Gasteiger charge is 2.14. The molecule has 25 heavy (non-hydrogen) atoms. The van der Waals surface area contributed by atoms with Crippen LogP contribution in [0.5, 0.6) is 5.75 Å². The summed E-state index contributed by atoms with van der Waals surface area (Å²) < 4.78 is 5.34. The number of para-hydroxylation sites is 1. The molecule has 128 valence electrons. The summed E-state index contributed by atoms with van der Waals surface area (Å²) in [4.78, 5) is 27.2. The Hall–Kier alpha value is -3.08. The molecule has 2 N–H and O–H groups in total. The van der Waals surface area contributed by atoms with E-state index in [1.54, 1.807) is 25.3 Å². The topological polar surface area (TPSA) is 71.2 Å². The molecule has 1 heterocycles. The van der Waals surface area contributed by atoms with Gasteiger partial charge in [0.2, 0.25) is 0 Å². The number of rotatable bonds is 5. The number of ether oxygens (including phenoxy) is 1. The number of hydrogen-bond donors (Lipinski definition) is 2. The highest BCUT2D eigenvalue weighted by atomic mass is 16.5. The third kappa shape index (κ3) is 3.71. The highest BCUT2D eigenvalue weighted by molar-refractivity contribution is 5.96. The summed E-state index contributed by atoms with van der Waals surface area (Å²) in [6, 6.07) is 16.5. The summed E-state index contributed by atoms with van der Waals surface area (Å²) in [6.07, 6.45) is 0.633. The van der Waals surface area contributed by atoms with Crippen molar-refractivity contribution in [2.45, 2.75) is 19.4 Å². The maximum Gasteiger partial charge on any atom is 0.268 e. The lowest BCUT2D eigenvalue weighted by molar-refractivity contribution is 0.0935. The molecule has 0 spiro atoms. The summed E-state index contributed by atoms with van der Waals surface area (Å²) in [6.45, 7) is 1.92. The van der Waals surface area contributed by atoms with Gasteiger partial charge in [-0.15, -0.1) is 0 Å². The average Bonchev–Trinajstić information content (AvgIpc) is 2.62. The summed E-state index contributed by atoms with van der Waals surface area (Å²) in [5.41, 5.74) is 1.01. The highest BCUT2D eigenvalue weighted by Crippen LogP contribution is 2.19. The van der Waals surface area contributed by atoms with Gasteiger partial charge in [-0.3, -0.25) is 9.59 Å². The summed E-state index contributed by atoms with van der Waals surface area (Å²) in [5, 5.41) is 4.24. The van der Waals surface area contributed by atoms with Gasteiger partial charge in [0, 0.05) is 11.4 Å². The Kier molecular flexibility index (Phi) is 4.84. The maximum absolute atomic E-state index is 12.5. The molecule has 0 aliphatic heterocycles. The quantitative estimate of drug-likeness (QED) is 0.752. The number of methoxy groups -OCH3 is 1. The van der Waals surface area contributed by atoms with E-state index in [0.717, 1.165) is 16.7 Å². The largest absolute Gasteiger partial charge is 0.496 e. The van der Waals surface area contributed by atoms with Crippen molar-refractivity contribution in [3.8, 4) is 5.75 Å². The number of benzene rings is 2. The van der Waals surface area contributed by atoms with Crippen molar-refractivity contribution in [1.82, 2.24) is 10.3 Å². The zero-order valence-electron chi connectivity index (χ0n) is 14.2. The van der Waals surface area contributed by atoms with Crippen LogP contribution in [-0.4, -0.2) is 24.0 Å². The van der Waals surface area contributed by atoms with Gasteiger partial charge in [0.05, 0.1) is 7.11 Å². The van der Waals surface area contributed by atoms with Gasteiger partial charge in [0.1, 0.15) is 11.4 Å². The summed E-state index contributed by atoms with van der Waals surface area (Å²) in [5.74, 6) is 0.493. The molecule has 1 amide bonds. The number of nitrogens with one attached hydrogen (secondary N) is 2. The SMILES string of the molecule is COc1ccccc1C[C@@H](C)NC(=O)c1cc2ccccc2c(=O)[nH]1. The monoisotopic (exact) mass is 336 g/mol. The molecule has 0 fully saturated rings. The molecule has 0 aliphatic carbocycles. The molecular weight excluding hydrogens is 316 g/mol. The summed E-state index contributed by atoms with van der Waals surface area (Å²) in [7, 11) is 1.63. The van der Waals surface area contributed by atoms with Crippen molar-refractivity contribution in [3.05, 3.63) is 76.2 Å². The van der Waals surface area contributed by atoms with Gasteiger partial charge in [0.15, 0.2) is 0 Å². The molecule has 0 aliphatic rings. The number of H-pyrrole nitrogens is 1. The third-order valence-electron chi connectivity index (χ3n) is 4.09. The molecule has 3 rings (SSSR count). The number of aromatic amines is 1. The van der Waals surface area contributed by atoms with Crippen molar-refractivity contribution in [2.24, 2.45) is 0 Å². The standard InChI is InChI=1S/C20H20N2O3/c1-13(11-15-8-4-6-10-18(15)25-2)21-20(24)17-12-14-7-3-5-9-16(14)19(23)22-17/h3-10,12-13H,11H2,1-2H3,(H,21,24)(H,22,23)/t13-/m1/s1. The Bertz CT molecular complexity index is 962. The number of amides is 1. The average molecular weight is 336 g/mol. The van der Waals surface area contributed by atoms with Crippen molar-refractivity contribution >= 4 is 16.7 Å². The van der Waals surface area contributed by atoms with Crippen molar-refractivity contribution < 1.29 is 9.53 Å². The van der Waals surface area contributed by atoms with Gasteiger partial charge in [-0.2, -0.15) is 0 Å². The Balaban J connectivity index is 1.77. The van der Waals surface area contributed by atoms with Crippen molar-refractivity contribution in [1.29, 1.82) is 0 Å². The van der Waals surface area contributed by atoms with Gasteiger partial charge in [-0.1, -0.05) is 36.4 Å². The smallest absolute Gasteiger partial charge is 0.268 e. The fraction of sp³-hybridized carbons (Fsp3) is 0.200. The second kappa shape index (κ2) is 7.21. The zero-order valence-corrected chi connectivity index (χ0v) is 14.2. The molecule has 1 atom stereocenters. The molecule has 0 saturated heterocycles. The van der Waals surface area contributed by atoms with Crippen molar-refractivity contribution in [2.75, 3.05) is 7.11 Å². The Morgan fingerprint density at radius 2 is 1.88 bits per heavy atom. The van der Waals surface area contributed by atoms with Gasteiger partial charge >= 0.3 is 0 Å². The predicted octanol–water partition coefficient (Wildman–Crippen LogP) is 2.90. The Morgan fingerprint density at radius 1 is 1.16 bits per heavy atom. The first-order valence-electron chi connectivity index (χ1n) is 8.13. The van der Waals surface area contributed by atoms with Crippen LogP contribution in [0.1, 0.15) is 23.0 Å². The minimum atomic E-state index is -0.301. The molecule has 5 nitrogen and oxygen atoms in total. The fourth-order valence-electron chi connectivity index (χ4n) is 2.89. The number of aromatic nitrogens is 1. The number of carbonyl (C=O) groups excluding carboxylic acids is 1. The molecule has 2 aromatic carbocycles. The second-order valence-electron chi connectivity index (χ2n) is 5.99. The molecule has 5 heteroatoms. The zero-order chi connectivity index (χ0) is 17.8.